The van der Waals surface area contributed by atoms with E-state index in [-0.39, 0.29) is 0 Å². The molecule has 0 fully saturated rings. The number of benzene rings is 4. The van der Waals surface area contributed by atoms with E-state index in [4.69, 9.17) is 8.83 Å². The molecule has 2 aliphatic carbocycles. The van der Waals surface area contributed by atoms with E-state index in [1.165, 1.54) is 66.8 Å². The fraction of sp³-hybridized carbons (Fsp3) is 0.280. The van der Waals surface area contributed by atoms with Crippen LogP contribution in [0.25, 0.3) is 45.6 Å². The van der Waals surface area contributed by atoms with E-state index in [0.29, 0.717) is 19.1 Å². The maximum absolute atomic E-state index is 6.58. The van der Waals surface area contributed by atoms with Gasteiger partial charge in [0.25, 0.3) is 0 Å². The average Bonchev–Trinajstić information content (AvgIpc) is 4.03. The first-order valence-electron chi connectivity index (χ1n) is 19.7. The number of furan rings is 2. The van der Waals surface area contributed by atoms with Crippen molar-refractivity contribution < 1.29 is 32.1 Å². The Bertz CT molecular complexity index is 2130. The molecule has 8 rings (SSSR count). The molecule has 0 bridgehead atoms. The van der Waals surface area contributed by atoms with E-state index in [1.807, 2.05) is 0 Å². The summed E-state index contributed by atoms with van der Waals surface area (Å²) >= 11 is -1.33. The van der Waals surface area contributed by atoms with Crippen LogP contribution in [0.1, 0.15) is 130 Å². The van der Waals surface area contributed by atoms with Gasteiger partial charge in [-0.25, -0.2) is 0 Å². The van der Waals surface area contributed by atoms with Crippen LogP contribution in [0.4, 0.5) is 0 Å². The predicted octanol–water partition coefficient (Wildman–Crippen LogP) is 14.3. The second-order valence-corrected chi connectivity index (χ2v) is 18.6. The average molecular weight is 774 g/mol. The second-order valence-electron chi connectivity index (χ2n) is 15.0. The van der Waals surface area contributed by atoms with Crippen molar-refractivity contribution in [2.75, 3.05) is 0 Å². The second kappa shape index (κ2) is 15.3. The molecule has 0 N–H and O–H groups in total. The molecule has 4 aromatic carbocycles. The van der Waals surface area contributed by atoms with Crippen molar-refractivity contribution in [1.82, 2.24) is 0 Å². The van der Waals surface area contributed by atoms with E-state index >= 15 is 0 Å². The van der Waals surface area contributed by atoms with Gasteiger partial charge >= 0.3 is 330 Å². The molecule has 53 heavy (non-hydrogen) atoms. The number of fused-ring (bicyclic) bond motifs is 2. The molecule has 6 aromatic rings. The number of rotatable bonds is 12. The normalized spacial score (nSPS) is 17.2. The Morgan fingerprint density at radius 2 is 0.925 bits per heavy atom. The van der Waals surface area contributed by atoms with Crippen LogP contribution < -0.4 is 0 Å². The van der Waals surface area contributed by atoms with E-state index in [9.17, 15) is 0 Å². The Labute approximate surface area is 327 Å². The third-order valence-corrected chi connectivity index (χ3v) is 16.5. The zero-order chi connectivity index (χ0) is 36.6. The van der Waals surface area contributed by atoms with E-state index in [0.717, 1.165) is 48.7 Å². The van der Waals surface area contributed by atoms with Gasteiger partial charge in [-0.2, -0.15) is 0 Å². The van der Waals surface area contributed by atoms with Crippen LogP contribution in [0, 0.1) is 0 Å². The molecular formula is C50H50O2Zr. The van der Waals surface area contributed by atoms with Gasteiger partial charge in [-0.3, -0.25) is 0 Å². The molecule has 266 valence electrons. The molecule has 0 radical (unpaired) electrons. The summed E-state index contributed by atoms with van der Waals surface area (Å²) in [6, 6.07) is 41.3. The number of hydrogen-bond acceptors (Lipinski definition) is 2. The molecule has 0 amide bonds. The molecule has 2 aliphatic rings. The summed E-state index contributed by atoms with van der Waals surface area (Å²) in [6.07, 6.45) is 9.00. The quantitative estimate of drug-likeness (QED) is 0.124. The summed E-state index contributed by atoms with van der Waals surface area (Å²) in [7, 11) is 0. The minimum absolute atomic E-state index is 0.322. The van der Waals surface area contributed by atoms with E-state index in [2.05, 4.69) is 163 Å². The van der Waals surface area contributed by atoms with Crippen LogP contribution >= 0.6 is 0 Å². The Balaban J connectivity index is 1.24. The van der Waals surface area contributed by atoms with Crippen LogP contribution in [-0.4, -0.2) is 0 Å². The molecule has 2 nitrogen and oxygen atoms in total. The van der Waals surface area contributed by atoms with Crippen molar-refractivity contribution in [3.8, 4) is 22.3 Å². The van der Waals surface area contributed by atoms with Gasteiger partial charge in [0.15, 0.2) is 0 Å². The summed E-state index contributed by atoms with van der Waals surface area (Å²) in [6.45, 7) is 13.5. The summed E-state index contributed by atoms with van der Waals surface area (Å²) in [5.74, 6) is 5.24. The van der Waals surface area contributed by atoms with Gasteiger partial charge in [0.2, 0.25) is 0 Å². The predicted molar refractivity (Wildman–Crippen MR) is 219 cm³/mol. The molecule has 0 aliphatic heterocycles. The maximum atomic E-state index is 6.58. The topological polar surface area (TPSA) is 26.3 Å². The van der Waals surface area contributed by atoms with Gasteiger partial charge in [0, 0.05) is 0 Å². The number of allylic oxidation sites excluding steroid dienone is 2. The molecule has 4 atom stereocenters. The molecule has 0 spiro atoms. The Hall–Kier alpha value is -4.20. The van der Waals surface area contributed by atoms with E-state index in [1.54, 1.807) is 0 Å². The van der Waals surface area contributed by atoms with Crippen molar-refractivity contribution in [1.29, 1.82) is 0 Å². The zero-order valence-corrected chi connectivity index (χ0v) is 34.5. The molecule has 0 saturated carbocycles. The minimum atomic E-state index is -1.33. The third kappa shape index (κ3) is 6.76. The summed E-state index contributed by atoms with van der Waals surface area (Å²) in [5, 5.41) is 0. The van der Waals surface area contributed by atoms with Gasteiger partial charge in [-0.05, 0) is 0 Å². The van der Waals surface area contributed by atoms with Crippen LogP contribution in [-0.2, 0) is 36.1 Å². The van der Waals surface area contributed by atoms with Gasteiger partial charge in [0.05, 0.1) is 0 Å². The van der Waals surface area contributed by atoms with Gasteiger partial charge in [-0.1, -0.05) is 0 Å². The van der Waals surface area contributed by atoms with Gasteiger partial charge < -0.3 is 0 Å². The monoisotopic (exact) mass is 772 g/mol. The Kier molecular flexibility index (Phi) is 10.3. The van der Waals surface area contributed by atoms with Crippen molar-refractivity contribution in [3.05, 3.63) is 166 Å². The van der Waals surface area contributed by atoms with Crippen molar-refractivity contribution in [2.24, 2.45) is 0 Å². The SMILES string of the molecule is CCc1ccc(C2=Cc3c(-c4ccc(C(C)CC)cc4)cccc3[CH]2[Zr][CH]2C(c3ccc(CC)o3)=Cc3c(-c4ccc(C(C)CC)cc4)cccc32)o1. The van der Waals surface area contributed by atoms with Crippen LogP contribution in [0.2, 0.25) is 0 Å². The molecule has 2 aromatic heterocycles. The molecular weight excluding hydrogens is 724 g/mol. The molecule has 2 heterocycles. The van der Waals surface area contributed by atoms with Crippen molar-refractivity contribution >= 4 is 23.3 Å². The zero-order valence-electron chi connectivity index (χ0n) is 32.0. The third-order valence-electron chi connectivity index (χ3n) is 11.9. The first-order chi connectivity index (χ1) is 25.9. The fourth-order valence-corrected chi connectivity index (χ4v) is 13.1. The number of aryl methyl sites for hydroxylation is 2. The van der Waals surface area contributed by atoms with Gasteiger partial charge in [-0.15, -0.1) is 0 Å². The molecule has 0 saturated heterocycles. The number of hydrogen-bond donors (Lipinski definition) is 0. The Morgan fingerprint density at radius 1 is 0.509 bits per heavy atom. The van der Waals surface area contributed by atoms with E-state index < -0.39 is 23.2 Å². The van der Waals surface area contributed by atoms with Crippen LogP contribution in [0.3, 0.4) is 0 Å². The van der Waals surface area contributed by atoms with Crippen LogP contribution in [0.5, 0.6) is 0 Å². The summed E-state index contributed by atoms with van der Waals surface area (Å²) < 4.78 is 13.8. The van der Waals surface area contributed by atoms with Crippen molar-refractivity contribution in [2.45, 2.75) is 86.3 Å². The summed E-state index contributed by atoms with van der Waals surface area (Å²) in [4.78, 5) is 0. The molecule has 4 unspecified atom stereocenters. The first-order valence-corrected chi connectivity index (χ1v) is 22.6. The van der Waals surface area contributed by atoms with Crippen LogP contribution in [0.15, 0.2) is 118 Å². The first kappa shape index (κ1) is 35.8. The van der Waals surface area contributed by atoms with Crippen molar-refractivity contribution in [3.63, 3.8) is 0 Å². The standard InChI is InChI=1S/2C25H25O.Zr/c2*1-4-17(3)18-9-11-19(12-10-18)23-8-6-7-20-15-21(16-24(20)23)25-14-13-22(5-2)26-25;/h2*6-17H,4-5H2,1-3H3;. The summed E-state index contributed by atoms with van der Waals surface area (Å²) in [5.41, 5.74) is 16.3. The fourth-order valence-electron chi connectivity index (χ4n) is 8.16. The van der Waals surface area contributed by atoms with Gasteiger partial charge in [0.1, 0.15) is 0 Å². The Morgan fingerprint density at radius 3 is 1.28 bits per heavy atom. The molecule has 3 heteroatoms.